The minimum atomic E-state index is -0.333. The summed E-state index contributed by atoms with van der Waals surface area (Å²) in [5.74, 6) is 0. The third-order valence-electron chi connectivity index (χ3n) is 3.14. The summed E-state index contributed by atoms with van der Waals surface area (Å²) in [7, 11) is 3.98. The van der Waals surface area contributed by atoms with E-state index >= 15 is 0 Å². The van der Waals surface area contributed by atoms with Crippen LogP contribution in [-0.4, -0.2) is 43.2 Å². The number of nitrogens with zero attached hydrogens (tertiary/aromatic N) is 2. The number of likely N-dealkylation sites (N-methyl/N-ethyl adjacent to an activating group) is 1. The van der Waals surface area contributed by atoms with Crippen LogP contribution in [0.5, 0.6) is 0 Å². The fourth-order valence-electron chi connectivity index (χ4n) is 1.83. The Hall–Kier alpha value is -1.38. The minimum absolute atomic E-state index is 0.333. The summed E-state index contributed by atoms with van der Waals surface area (Å²) >= 11 is 13.2. The van der Waals surface area contributed by atoms with Gasteiger partial charge in [-0.2, -0.15) is 0 Å². The van der Waals surface area contributed by atoms with Crippen molar-refractivity contribution in [2.24, 2.45) is 0 Å². The van der Waals surface area contributed by atoms with Crippen LogP contribution in [0.25, 0.3) is 0 Å². The van der Waals surface area contributed by atoms with Crippen LogP contribution in [0.4, 0.5) is 9.93 Å². The number of carbonyl (C=O) groups excluding carboxylic acids is 1. The second-order valence-corrected chi connectivity index (χ2v) is 7.23. The number of urea groups is 1. The standard InChI is InChI=1S/C16H20Cl2N4O2S/c1-22(2)5-6-24-9-12-10-25-16(20-12)21-15(23)19-8-11-3-4-13(17)14(18)7-11/h3-4,7,10H,5-6,8-9H2,1-2H3,(H2,19,20,21,23). The average molecular weight is 403 g/mol. The molecule has 1 aromatic heterocycles. The van der Waals surface area contributed by atoms with E-state index in [0.29, 0.717) is 34.9 Å². The summed E-state index contributed by atoms with van der Waals surface area (Å²) in [4.78, 5) is 18.3. The molecular weight excluding hydrogens is 383 g/mol. The molecule has 0 fully saturated rings. The highest BCUT2D eigenvalue weighted by Crippen LogP contribution is 2.22. The first-order chi connectivity index (χ1) is 11.9. The van der Waals surface area contributed by atoms with Gasteiger partial charge in [0.05, 0.1) is 29.0 Å². The Balaban J connectivity index is 1.74. The van der Waals surface area contributed by atoms with Gasteiger partial charge in [-0.05, 0) is 31.8 Å². The zero-order chi connectivity index (χ0) is 18.2. The molecule has 0 atom stereocenters. The van der Waals surface area contributed by atoms with E-state index in [-0.39, 0.29) is 6.03 Å². The lowest BCUT2D eigenvalue weighted by Gasteiger charge is -2.08. The molecule has 1 aromatic carbocycles. The number of nitrogens with one attached hydrogen (secondary N) is 2. The first-order valence-electron chi connectivity index (χ1n) is 7.59. The number of thiazole rings is 1. The molecule has 0 bridgehead atoms. The first kappa shape index (κ1) is 19.9. The zero-order valence-electron chi connectivity index (χ0n) is 14.0. The molecule has 0 saturated heterocycles. The summed E-state index contributed by atoms with van der Waals surface area (Å²) in [5, 5.41) is 8.78. The van der Waals surface area contributed by atoms with Crippen LogP contribution in [0.2, 0.25) is 10.0 Å². The fourth-order valence-corrected chi connectivity index (χ4v) is 2.84. The van der Waals surface area contributed by atoms with E-state index in [2.05, 4.69) is 15.6 Å². The SMILES string of the molecule is CN(C)CCOCc1csc(NC(=O)NCc2ccc(Cl)c(Cl)c2)n1. The molecule has 0 aliphatic heterocycles. The molecule has 0 aliphatic rings. The lowest BCUT2D eigenvalue weighted by Crippen LogP contribution is -2.28. The molecule has 25 heavy (non-hydrogen) atoms. The normalized spacial score (nSPS) is 10.9. The number of benzene rings is 1. The zero-order valence-corrected chi connectivity index (χ0v) is 16.3. The minimum Gasteiger partial charge on any atom is -0.374 e. The Morgan fingerprint density at radius 3 is 2.84 bits per heavy atom. The molecular formula is C16H20Cl2N4O2S. The van der Waals surface area contributed by atoms with Crippen molar-refractivity contribution in [2.45, 2.75) is 13.2 Å². The largest absolute Gasteiger partial charge is 0.374 e. The molecule has 0 radical (unpaired) electrons. The van der Waals surface area contributed by atoms with Crippen LogP contribution >= 0.6 is 34.5 Å². The molecule has 136 valence electrons. The Labute approximate surface area is 161 Å². The van der Waals surface area contributed by atoms with Gasteiger partial charge in [-0.15, -0.1) is 11.3 Å². The predicted molar refractivity (Wildman–Crippen MR) is 103 cm³/mol. The van der Waals surface area contributed by atoms with Crippen LogP contribution in [0.3, 0.4) is 0 Å². The maximum absolute atomic E-state index is 11.9. The summed E-state index contributed by atoms with van der Waals surface area (Å²) in [6.07, 6.45) is 0. The number of hydrogen-bond donors (Lipinski definition) is 2. The van der Waals surface area contributed by atoms with Gasteiger partial charge in [0, 0.05) is 18.5 Å². The van der Waals surface area contributed by atoms with Crippen LogP contribution < -0.4 is 10.6 Å². The van der Waals surface area contributed by atoms with Crippen LogP contribution in [0, 0.1) is 0 Å². The molecule has 2 aromatic rings. The smallest absolute Gasteiger partial charge is 0.321 e. The van der Waals surface area contributed by atoms with Gasteiger partial charge in [0.15, 0.2) is 5.13 Å². The van der Waals surface area contributed by atoms with Gasteiger partial charge in [0.1, 0.15) is 0 Å². The number of carbonyl (C=O) groups is 1. The average Bonchev–Trinajstić information content (AvgIpc) is 3.00. The topological polar surface area (TPSA) is 66.5 Å². The Kier molecular flexibility index (Phi) is 7.92. The lowest BCUT2D eigenvalue weighted by molar-refractivity contribution is 0.103. The molecule has 9 heteroatoms. The maximum atomic E-state index is 11.9. The van der Waals surface area contributed by atoms with Crippen molar-refractivity contribution < 1.29 is 9.53 Å². The third-order valence-corrected chi connectivity index (χ3v) is 4.69. The van der Waals surface area contributed by atoms with E-state index in [1.54, 1.807) is 18.2 Å². The fraction of sp³-hybridized carbons (Fsp3) is 0.375. The number of rotatable bonds is 8. The van der Waals surface area contributed by atoms with Gasteiger partial charge < -0.3 is 15.0 Å². The molecule has 6 nitrogen and oxygen atoms in total. The molecule has 0 unspecified atom stereocenters. The number of halogens is 2. The summed E-state index contributed by atoms with van der Waals surface area (Å²) in [5.41, 5.74) is 1.65. The summed E-state index contributed by atoms with van der Waals surface area (Å²) in [6.45, 7) is 2.26. The summed E-state index contributed by atoms with van der Waals surface area (Å²) < 4.78 is 5.53. The van der Waals surface area contributed by atoms with Crippen LogP contribution in [-0.2, 0) is 17.9 Å². The highest BCUT2D eigenvalue weighted by molar-refractivity contribution is 7.13. The number of amides is 2. The second-order valence-electron chi connectivity index (χ2n) is 5.56. The Morgan fingerprint density at radius 2 is 2.12 bits per heavy atom. The second kappa shape index (κ2) is 9.94. The number of anilines is 1. The van der Waals surface area contributed by atoms with E-state index in [4.69, 9.17) is 27.9 Å². The van der Waals surface area contributed by atoms with E-state index < -0.39 is 0 Å². The Bertz CT molecular complexity index is 709. The number of ether oxygens (including phenoxy) is 1. The molecule has 2 amide bonds. The van der Waals surface area contributed by atoms with Crippen molar-refractivity contribution in [2.75, 3.05) is 32.6 Å². The van der Waals surface area contributed by atoms with Gasteiger partial charge in [-0.25, -0.2) is 9.78 Å². The van der Waals surface area contributed by atoms with E-state index in [1.165, 1.54) is 11.3 Å². The quantitative estimate of drug-likeness (QED) is 0.658. The maximum Gasteiger partial charge on any atom is 0.321 e. The lowest BCUT2D eigenvalue weighted by atomic mass is 10.2. The van der Waals surface area contributed by atoms with Gasteiger partial charge in [0.2, 0.25) is 0 Å². The van der Waals surface area contributed by atoms with Crippen molar-refractivity contribution in [3.63, 3.8) is 0 Å². The van der Waals surface area contributed by atoms with Crippen LogP contribution in [0.1, 0.15) is 11.3 Å². The van der Waals surface area contributed by atoms with E-state index in [9.17, 15) is 4.79 Å². The summed E-state index contributed by atoms with van der Waals surface area (Å²) in [6, 6.07) is 4.89. The van der Waals surface area contributed by atoms with Crippen molar-refractivity contribution in [3.05, 3.63) is 44.9 Å². The van der Waals surface area contributed by atoms with E-state index in [0.717, 1.165) is 17.8 Å². The Morgan fingerprint density at radius 1 is 1.32 bits per heavy atom. The third kappa shape index (κ3) is 7.17. The predicted octanol–water partition coefficient (Wildman–Crippen LogP) is 3.85. The molecule has 0 aliphatic carbocycles. The van der Waals surface area contributed by atoms with Crippen molar-refractivity contribution in [3.8, 4) is 0 Å². The molecule has 1 heterocycles. The first-order valence-corrected chi connectivity index (χ1v) is 9.23. The molecule has 2 N–H and O–H groups in total. The molecule has 0 saturated carbocycles. The van der Waals surface area contributed by atoms with Gasteiger partial charge in [-0.1, -0.05) is 29.3 Å². The number of hydrogen-bond acceptors (Lipinski definition) is 5. The molecule has 0 spiro atoms. The van der Waals surface area contributed by atoms with Crippen molar-refractivity contribution in [1.29, 1.82) is 0 Å². The van der Waals surface area contributed by atoms with Gasteiger partial charge in [0.25, 0.3) is 0 Å². The van der Waals surface area contributed by atoms with Crippen LogP contribution in [0.15, 0.2) is 23.6 Å². The van der Waals surface area contributed by atoms with Crippen molar-refractivity contribution >= 4 is 45.7 Å². The van der Waals surface area contributed by atoms with Gasteiger partial charge >= 0.3 is 6.03 Å². The highest BCUT2D eigenvalue weighted by atomic mass is 35.5. The molecule has 2 rings (SSSR count). The van der Waals surface area contributed by atoms with Gasteiger partial charge in [-0.3, -0.25) is 5.32 Å². The monoisotopic (exact) mass is 402 g/mol. The highest BCUT2D eigenvalue weighted by Gasteiger charge is 2.07. The number of aromatic nitrogens is 1. The van der Waals surface area contributed by atoms with E-state index in [1.807, 2.05) is 24.4 Å². The van der Waals surface area contributed by atoms with Crippen molar-refractivity contribution in [1.82, 2.24) is 15.2 Å².